The second kappa shape index (κ2) is 8.29. The lowest BCUT2D eigenvalue weighted by atomic mass is 10.1. The van der Waals surface area contributed by atoms with Crippen LogP contribution in [-0.2, 0) is 14.8 Å². The smallest absolute Gasteiger partial charge is 0.261 e. The van der Waals surface area contributed by atoms with Crippen molar-refractivity contribution < 1.29 is 22.8 Å². The molecule has 0 unspecified atom stereocenters. The van der Waals surface area contributed by atoms with Gasteiger partial charge in [-0.05, 0) is 30.0 Å². The Bertz CT molecular complexity index is 1040. The average Bonchev–Trinajstić information content (AvgIpc) is 3.38. The normalized spacial score (nSPS) is 17.5. The molecule has 1 aromatic carbocycles. The van der Waals surface area contributed by atoms with E-state index in [0.29, 0.717) is 34.8 Å². The summed E-state index contributed by atoms with van der Waals surface area (Å²) in [6.45, 7) is 1.35. The van der Waals surface area contributed by atoms with E-state index in [-0.39, 0.29) is 43.8 Å². The quantitative estimate of drug-likeness (QED) is 0.628. The van der Waals surface area contributed by atoms with Gasteiger partial charge in [0.25, 0.3) is 21.8 Å². The van der Waals surface area contributed by atoms with Gasteiger partial charge in [-0.15, -0.1) is 11.3 Å². The number of carbonyl (C=O) groups is 3. The third kappa shape index (κ3) is 3.78. The summed E-state index contributed by atoms with van der Waals surface area (Å²) in [6, 6.07) is 9.97. The summed E-state index contributed by atoms with van der Waals surface area (Å²) in [7, 11) is -3.50. The van der Waals surface area contributed by atoms with Gasteiger partial charge in [-0.1, -0.05) is 18.2 Å². The number of hydrogen-bond donors (Lipinski definition) is 0. The van der Waals surface area contributed by atoms with Crippen LogP contribution in [0.15, 0.2) is 46.0 Å². The molecule has 0 spiro atoms. The molecule has 4 rings (SSSR count). The lowest BCUT2D eigenvalue weighted by molar-refractivity contribution is -0.132. The molecule has 0 saturated carbocycles. The van der Waals surface area contributed by atoms with Crippen LogP contribution in [0.3, 0.4) is 0 Å². The number of fused-ring (bicyclic) bond motifs is 1. The molecule has 1 fully saturated rings. The predicted molar refractivity (Wildman–Crippen MR) is 111 cm³/mol. The fraction of sp³-hybridized carbons (Fsp3) is 0.350. The molecule has 1 aromatic heterocycles. The third-order valence-corrected chi connectivity index (χ3v) is 8.60. The van der Waals surface area contributed by atoms with E-state index in [0.717, 1.165) is 0 Å². The van der Waals surface area contributed by atoms with Crippen LogP contribution in [0.5, 0.6) is 0 Å². The number of amides is 3. The number of nitrogens with zero attached hydrogens (tertiary/aromatic N) is 3. The number of benzene rings is 1. The second-order valence-electron chi connectivity index (χ2n) is 7.13. The van der Waals surface area contributed by atoms with Gasteiger partial charge in [-0.3, -0.25) is 19.3 Å². The van der Waals surface area contributed by atoms with Crippen LogP contribution in [-0.4, -0.2) is 73.0 Å². The average molecular weight is 448 g/mol. The summed E-state index contributed by atoms with van der Waals surface area (Å²) < 4.78 is 26.8. The molecule has 2 aliphatic rings. The molecule has 3 amide bonds. The second-order valence-corrected chi connectivity index (χ2v) is 10.2. The molecule has 30 heavy (non-hydrogen) atoms. The number of carbonyl (C=O) groups excluding carboxylic acids is 3. The van der Waals surface area contributed by atoms with Gasteiger partial charge in [0.2, 0.25) is 5.91 Å². The van der Waals surface area contributed by atoms with Gasteiger partial charge in [0, 0.05) is 39.1 Å². The first-order chi connectivity index (χ1) is 14.4. The minimum absolute atomic E-state index is 0.0974. The maximum Gasteiger partial charge on any atom is 0.261 e. The van der Waals surface area contributed by atoms with Crippen LogP contribution in [0.4, 0.5) is 0 Å². The van der Waals surface area contributed by atoms with Crippen molar-refractivity contribution in [1.82, 2.24) is 14.1 Å². The fourth-order valence-electron chi connectivity index (χ4n) is 3.70. The van der Waals surface area contributed by atoms with Gasteiger partial charge in [0.1, 0.15) is 4.21 Å². The monoisotopic (exact) mass is 447 g/mol. The van der Waals surface area contributed by atoms with E-state index in [1.54, 1.807) is 46.7 Å². The molecule has 0 N–H and O–H groups in total. The lowest BCUT2D eigenvalue weighted by Crippen LogP contribution is -2.50. The third-order valence-electron chi connectivity index (χ3n) is 5.33. The maximum absolute atomic E-state index is 12.6. The zero-order chi connectivity index (χ0) is 21.3. The lowest BCUT2D eigenvalue weighted by Gasteiger charge is -2.33. The molecule has 2 aliphatic heterocycles. The van der Waals surface area contributed by atoms with Crippen molar-refractivity contribution in [3.8, 4) is 0 Å². The zero-order valence-corrected chi connectivity index (χ0v) is 17.8. The first-order valence-electron chi connectivity index (χ1n) is 9.66. The molecule has 1 saturated heterocycles. The molecule has 0 radical (unpaired) electrons. The van der Waals surface area contributed by atoms with Gasteiger partial charge in [-0.2, -0.15) is 4.31 Å². The van der Waals surface area contributed by atoms with E-state index in [2.05, 4.69) is 0 Å². The Morgan fingerprint density at radius 3 is 2.13 bits per heavy atom. The molecular weight excluding hydrogens is 426 g/mol. The summed E-state index contributed by atoms with van der Waals surface area (Å²) in [4.78, 5) is 40.1. The molecule has 158 valence electrons. The summed E-state index contributed by atoms with van der Waals surface area (Å²) in [5.41, 5.74) is 0.800. The zero-order valence-electron chi connectivity index (χ0n) is 16.2. The Balaban J connectivity index is 1.26. The molecule has 10 heteroatoms. The first-order valence-corrected chi connectivity index (χ1v) is 12.0. The highest BCUT2D eigenvalue weighted by molar-refractivity contribution is 7.91. The Hall–Kier alpha value is -2.56. The molecule has 2 aromatic rings. The van der Waals surface area contributed by atoms with E-state index < -0.39 is 10.0 Å². The van der Waals surface area contributed by atoms with Crippen molar-refractivity contribution in [2.45, 2.75) is 17.1 Å². The Morgan fingerprint density at radius 2 is 1.57 bits per heavy atom. The minimum Gasteiger partial charge on any atom is -0.340 e. The van der Waals surface area contributed by atoms with Crippen molar-refractivity contribution in [3.63, 3.8) is 0 Å². The van der Waals surface area contributed by atoms with Crippen LogP contribution < -0.4 is 0 Å². The molecule has 0 bridgehead atoms. The Kier molecular flexibility index (Phi) is 5.72. The van der Waals surface area contributed by atoms with Gasteiger partial charge in [0.05, 0.1) is 11.1 Å². The van der Waals surface area contributed by atoms with Gasteiger partial charge in [0.15, 0.2) is 0 Å². The van der Waals surface area contributed by atoms with E-state index in [1.165, 1.54) is 20.5 Å². The SMILES string of the molecule is O=C(CCCN1C(=O)c2ccccc2C1=O)N1CCN(S(=O)(=O)c2cccs2)CC1. The maximum atomic E-state index is 12.6. The predicted octanol–water partition coefficient (Wildman–Crippen LogP) is 1.66. The summed E-state index contributed by atoms with van der Waals surface area (Å²) in [5, 5.41) is 1.72. The van der Waals surface area contributed by atoms with Crippen LogP contribution in [0.2, 0.25) is 0 Å². The summed E-state index contributed by atoms with van der Waals surface area (Å²) >= 11 is 1.18. The minimum atomic E-state index is -3.50. The highest BCUT2D eigenvalue weighted by Crippen LogP contribution is 2.24. The van der Waals surface area contributed by atoms with Crippen molar-refractivity contribution in [2.24, 2.45) is 0 Å². The molecule has 0 atom stereocenters. The Morgan fingerprint density at radius 1 is 0.933 bits per heavy atom. The van der Waals surface area contributed by atoms with Crippen molar-refractivity contribution >= 4 is 39.1 Å². The van der Waals surface area contributed by atoms with Gasteiger partial charge < -0.3 is 4.90 Å². The number of sulfonamides is 1. The number of imide groups is 1. The fourth-order valence-corrected chi connectivity index (χ4v) is 6.27. The Labute approximate surface area is 178 Å². The summed E-state index contributed by atoms with van der Waals surface area (Å²) in [6.07, 6.45) is 0.573. The van der Waals surface area contributed by atoms with E-state index in [9.17, 15) is 22.8 Å². The molecule has 0 aliphatic carbocycles. The van der Waals surface area contributed by atoms with Crippen molar-refractivity contribution in [2.75, 3.05) is 32.7 Å². The topological polar surface area (TPSA) is 95.1 Å². The van der Waals surface area contributed by atoms with Gasteiger partial charge >= 0.3 is 0 Å². The standard InChI is InChI=1S/C20H21N3O5S2/c24-17(7-3-9-23-19(25)15-5-1-2-6-16(15)20(23)26)21-10-12-22(13-11-21)30(27,28)18-8-4-14-29-18/h1-2,4-6,8,14H,3,7,9-13H2. The van der Waals surface area contributed by atoms with Crippen LogP contribution in [0.1, 0.15) is 33.6 Å². The van der Waals surface area contributed by atoms with E-state index in [4.69, 9.17) is 0 Å². The number of rotatable bonds is 6. The highest BCUT2D eigenvalue weighted by Gasteiger charge is 2.35. The van der Waals surface area contributed by atoms with Gasteiger partial charge in [-0.25, -0.2) is 8.42 Å². The highest BCUT2D eigenvalue weighted by atomic mass is 32.2. The van der Waals surface area contributed by atoms with E-state index in [1.807, 2.05) is 0 Å². The van der Waals surface area contributed by atoms with E-state index >= 15 is 0 Å². The molecule has 3 heterocycles. The first kappa shape index (κ1) is 20.7. The van der Waals surface area contributed by atoms with Crippen LogP contribution >= 0.6 is 11.3 Å². The molecule has 8 nitrogen and oxygen atoms in total. The van der Waals surface area contributed by atoms with Crippen molar-refractivity contribution in [1.29, 1.82) is 0 Å². The number of piperazine rings is 1. The summed E-state index contributed by atoms with van der Waals surface area (Å²) in [5.74, 6) is -0.745. The number of hydrogen-bond acceptors (Lipinski definition) is 6. The van der Waals surface area contributed by atoms with Crippen LogP contribution in [0, 0.1) is 0 Å². The largest absolute Gasteiger partial charge is 0.340 e. The molecular formula is C20H21N3O5S2. The van der Waals surface area contributed by atoms with Crippen LogP contribution in [0.25, 0.3) is 0 Å². The van der Waals surface area contributed by atoms with Crippen molar-refractivity contribution in [3.05, 3.63) is 52.9 Å². The number of thiophene rings is 1.